The van der Waals surface area contributed by atoms with Gasteiger partial charge in [0.15, 0.2) is 28.9 Å². The van der Waals surface area contributed by atoms with Gasteiger partial charge >= 0.3 is 24.2 Å². The first kappa shape index (κ1) is 68.5. The molecule has 0 spiro atoms. The number of ether oxygens (including phenoxy) is 6. The maximum Gasteiger partial charge on any atom is 0.407 e. The molecule has 468 valence electrons. The van der Waals surface area contributed by atoms with Crippen LogP contribution < -0.4 is 30.7 Å². The molecule has 22 heteroatoms. The number of benzene rings is 3. The zero-order valence-corrected chi connectivity index (χ0v) is 52.9. The molecule has 2 heterocycles. The topological polar surface area (TPSA) is 289 Å². The Morgan fingerprint density at radius 2 is 1.22 bits per heavy atom. The number of carbonyl (C=O) groups excluding carboxylic acids is 8. The summed E-state index contributed by atoms with van der Waals surface area (Å²) in [6.45, 7) is 26.0. The smallest absolute Gasteiger partial charge is 0.407 e. The quantitative estimate of drug-likeness (QED) is 0.0268. The van der Waals surface area contributed by atoms with Crippen molar-refractivity contribution in [1.82, 2.24) is 36.1 Å². The summed E-state index contributed by atoms with van der Waals surface area (Å²) < 4.78 is 33.8. The number of Topliss-reactive ketones (excluding diaryl/α,β-unsaturated/α-hetero) is 2. The Morgan fingerprint density at radius 1 is 0.698 bits per heavy atom. The predicted octanol–water partition coefficient (Wildman–Crippen LogP) is 9.35. The lowest BCUT2D eigenvalue weighted by Crippen LogP contribution is -2.46. The summed E-state index contributed by atoms with van der Waals surface area (Å²) in [7, 11) is 2.55. The Hall–Kier alpha value is -8.30. The van der Waals surface area contributed by atoms with E-state index in [9.17, 15) is 33.9 Å². The standard InChI is InChI=1S/C64H87N7O15/c1-36-30-48(73)52(71(16)56(76)42(24-25-65-58(78)84-62(7,8)9)35-47(72)51-37(2)68-54(69-38(51)3)40-18-21-43(22-19-40)61(4,5)6)41-20-23-49(82-28-26-66-59(79)85-63(10,11)12)44(34-41)45-31-39(32-46(57(77)81-17)70-55(36)75)33-50(53(45)74)83-29-27-67-60(80)86-64(13,14)15/h18-23,31,33-34,36,42,46,52,74H,24-30,32,35H2,1-17H3,(H,65,78)(H,66,79)(H,67,80)(H,70,75)/t36-,42-,46+,52+/m1/s1. The number of rotatable bonds is 18. The Bertz CT molecular complexity index is 3110. The fourth-order valence-electron chi connectivity index (χ4n) is 9.51. The third-order valence-electron chi connectivity index (χ3n) is 13.5. The van der Waals surface area contributed by atoms with Crippen LogP contribution in [0.1, 0.15) is 154 Å². The molecule has 4 aromatic rings. The number of aromatic nitrogens is 2. The third kappa shape index (κ3) is 19.9. The normalized spacial score (nSPS) is 16.0. The van der Waals surface area contributed by atoms with Crippen molar-refractivity contribution in [3.05, 3.63) is 88.2 Å². The molecule has 1 aromatic heterocycles. The average Bonchev–Trinajstić information content (AvgIpc) is 0.976. The molecule has 0 saturated carbocycles. The highest BCUT2D eigenvalue weighted by Gasteiger charge is 2.37. The van der Waals surface area contributed by atoms with Crippen LogP contribution in [0, 0.1) is 25.7 Å². The van der Waals surface area contributed by atoms with Crippen LogP contribution in [0.4, 0.5) is 14.4 Å². The number of hydrogen-bond donors (Lipinski definition) is 5. The zero-order valence-electron chi connectivity index (χ0n) is 52.9. The maximum atomic E-state index is 15.4. The molecule has 4 atom stereocenters. The number of likely N-dealkylation sites (N-methyl/N-ethyl adjacent to an activating group) is 1. The highest BCUT2D eigenvalue weighted by Crippen LogP contribution is 2.44. The SMILES string of the molecule is COC(=O)[C@@H]1Cc2cc(OCCNC(=O)OC(C)(C)C)c(O)c(c2)-c2cc(ccc2OCCNC(=O)OC(C)(C)C)[C@H](N(C)C(=O)[C@H](CCNC(=O)OC(C)(C)C)CC(=O)c2c(C)nc(-c3ccc(C(C)(C)C)cc3)nc2C)C(=O)C[C@@H](C)C(=O)N1. The van der Waals surface area contributed by atoms with Gasteiger partial charge in [-0.3, -0.25) is 19.2 Å². The van der Waals surface area contributed by atoms with Crippen LogP contribution in [0.5, 0.6) is 17.2 Å². The number of aromatic hydroxyl groups is 1. The Balaban J connectivity index is 1.66. The summed E-state index contributed by atoms with van der Waals surface area (Å²) >= 11 is 0. The van der Waals surface area contributed by atoms with E-state index in [0.717, 1.165) is 18.2 Å². The van der Waals surface area contributed by atoms with Gasteiger partial charge < -0.3 is 59.7 Å². The average molecular weight is 1190 g/mol. The number of hydrogen-bond acceptors (Lipinski definition) is 17. The lowest BCUT2D eigenvalue weighted by atomic mass is 9.86. The van der Waals surface area contributed by atoms with Crippen molar-refractivity contribution in [3.8, 4) is 39.8 Å². The molecule has 22 nitrogen and oxygen atoms in total. The van der Waals surface area contributed by atoms with Crippen molar-refractivity contribution in [2.24, 2.45) is 11.8 Å². The number of ketones is 2. The van der Waals surface area contributed by atoms with Crippen LogP contribution in [0.2, 0.25) is 0 Å². The van der Waals surface area contributed by atoms with Crippen molar-refractivity contribution in [1.29, 1.82) is 0 Å². The van der Waals surface area contributed by atoms with Gasteiger partial charge in [0.25, 0.3) is 0 Å². The van der Waals surface area contributed by atoms with E-state index in [4.69, 9.17) is 38.4 Å². The molecular formula is C64H87N7O15. The number of esters is 1. The summed E-state index contributed by atoms with van der Waals surface area (Å²) in [5.41, 5.74) is 1.05. The van der Waals surface area contributed by atoms with E-state index in [0.29, 0.717) is 22.8 Å². The Labute approximate surface area is 504 Å². The molecule has 5 rings (SSSR count). The highest BCUT2D eigenvalue weighted by atomic mass is 16.6. The van der Waals surface area contributed by atoms with Gasteiger partial charge in [0.05, 0.1) is 37.2 Å². The van der Waals surface area contributed by atoms with E-state index >= 15 is 9.59 Å². The second kappa shape index (κ2) is 28.7. The molecule has 1 aliphatic rings. The molecular weight excluding hydrogens is 1110 g/mol. The van der Waals surface area contributed by atoms with Gasteiger partial charge in [-0.2, -0.15) is 0 Å². The van der Waals surface area contributed by atoms with E-state index in [2.05, 4.69) is 42.0 Å². The number of phenolic OH excluding ortho intramolecular Hbond substituents is 1. The maximum absolute atomic E-state index is 15.4. The van der Waals surface area contributed by atoms with Gasteiger partial charge in [-0.1, -0.05) is 58.0 Å². The van der Waals surface area contributed by atoms with E-state index in [1.54, 1.807) is 82.2 Å². The van der Waals surface area contributed by atoms with Gasteiger partial charge in [-0.05, 0) is 129 Å². The van der Waals surface area contributed by atoms with Crippen molar-refractivity contribution in [2.75, 3.05) is 47.0 Å². The minimum absolute atomic E-state index is 0.0401. The zero-order chi connectivity index (χ0) is 64.2. The molecule has 4 bridgehead atoms. The summed E-state index contributed by atoms with van der Waals surface area (Å²) in [6, 6.07) is 12.7. The summed E-state index contributed by atoms with van der Waals surface area (Å²) in [5, 5.41) is 22.9. The first-order valence-electron chi connectivity index (χ1n) is 28.8. The van der Waals surface area contributed by atoms with Crippen LogP contribution in [-0.2, 0) is 50.0 Å². The number of carbonyl (C=O) groups is 8. The van der Waals surface area contributed by atoms with E-state index < -0.39 is 107 Å². The van der Waals surface area contributed by atoms with Gasteiger partial charge in [-0.15, -0.1) is 0 Å². The molecule has 5 amide bonds. The second-order valence-corrected chi connectivity index (χ2v) is 25.5. The Kier molecular flexibility index (Phi) is 22.9. The van der Waals surface area contributed by atoms with Crippen LogP contribution in [-0.4, -0.2) is 137 Å². The minimum Gasteiger partial charge on any atom is -0.504 e. The van der Waals surface area contributed by atoms with E-state index in [-0.39, 0.29) is 84.9 Å². The lowest BCUT2D eigenvalue weighted by molar-refractivity contribution is -0.146. The van der Waals surface area contributed by atoms with E-state index in [1.807, 2.05) is 24.3 Å². The number of phenols is 1. The lowest BCUT2D eigenvalue weighted by Gasteiger charge is -2.32. The molecule has 0 saturated heterocycles. The van der Waals surface area contributed by atoms with Crippen LogP contribution in [0.25, 0.3) is 22.5 Å². The number of amides is 5. The molecule has 0 unspecified atom stereocenters. The predicted molar refractivity (Wildman–Crippen MR) is 322 cm³/mol. The summed E-state index contributed by atoms with van der Waals surface area (Å²) in [6.07, 6.45) is -3.33. The van der Waals surface area contributed by atoms with Gasteiger partial charge in [0.1, 0.15) is 47.9 Å². The molecule has 3 aromatic carbocycles. The number of nitrogens with one attached hydrogen (secondary N) is 4. The number of alkyl carbamates (subject to hydrolysis) is 3. The van der Waals surface area contributed by atoms with Crippen molar-refractivity contribution in [3.63, 3.8) is 0 Å². The molecule has 86 heavy (non-hydrogen) atoms. The monoisotopic (exact) mass is 1190 g/mol. The van der Waals surface area contributed by atoms with Crippen LogP contribution in [0.15, 0.2) is 54.6 Å². The van der Waals surface area contributed by atoms with Crippen molar-refractivity contribution < 1.29 is 71.9 Å². The Morgan fingerprint density at radius 3 is 1.73 bits per heavy atom. The number of aryl methyl sites for hydroxylation is 2. The summed E-state index contributed by atoms with van der Waals surface area (Å²) in [5.74, 6) is -5.60. The number of methoxy groups -OCH3 is 1. The van der Waals surface area contributed by atoms with Crippen LogP contribution in [0.3, 0.4) is 0 Å². The van der Waals surface area contributed by atoms with Gasteiger partial charge in [-0.25, -0.2) is 29.1 Å². The first-order valence-corrected chi connectivity index (χ1v) is 28.8. The van der Waals surface area contributed by atoms with E-state index in [1.165, 1.54) is 43.1 Å². The molecule has 0 fully saturated rings. The van der Waals surface area contributed by atoms with Crippen molar-refractivity contribution >= 4 is 47.6 Å². The fraction of sp³-hybridized carbons (Fsp3) is 0.531. The first-order chi connectivity index (χ1) is 39.9. The molecule has 0 radical (unpaired) electrons. The number of nitrogens with zero attached hydrogens (tertiary/aromatic N) is 3. The van der Waals surface area contributed by atoms with Crippen LogP contribution >= 0.6 is 0 Å². The third-order valence-corrected chi connectivity index (χ3v) is 13.5. The minimum atomic E-state index is -1.49. The molecule has 0 aliphatic carbocycles. The largest absolute Gasteiger partial charge is 0.504 e. The van der Waals surface area contributed by atoms with Crippen molar-refractivity contribution in [2.45, 2.75) is 164 Å². The van der Waals surface area contributed by atoms with Gasteiger partial charge in [0.2, 0.25) is 11.8 Å². The number of fused-ring (bicyclic) bond motifs is 5. The fourth-order valence-corrected chi connectivity index (χ4v) is 9.51. The molecule has 5 N–H and O–H groups in total. The highest BCUT2D eigenvalue weighted by molar-refractivity contribution is 6.01. The summed E-state index contributed by atoms with van der Waals surface area (Å²) in [4.78, 5) is 122. The second-order valence-electron chi connectivity index (χ2n) is 25.5. The van der Waals surface area contributed by atoms with Gasteiger partial charge in [0, 0.05) is 61.4 Å². The molecule has 1 aliphatic heterocycles.